The summed E-state index contributed by atoms with van der Waals surface area (Å²) in [6, 6.07) is 0. The lowest BCUT2D eigenvalue weighted by Crippen LogP contribution is -2.24. The fraction of sp³-hybridized carbons (Fsp3) is 0.778. The van der Waals surface area contributed by atoms with Gasteiger partial charge in [-0.25, -0.2) is 0 Å². The van der Waals surface area contributed by atoms with Crippen LogP contribution in [0.5, 0.6) is 0 Å². The Balaban J connectivity index is 3.94. The molecule has 7 nitrogen and oxygen atoms in total. The summed E-state index contributed by atoms with van der Waals surface area (Å²) in [7, 11) is 0. The summed E-state index contributed by atoms with van der Waals surface area (Å²) in [6.07, 6.45) is -0.0404. The fourth-order valence-corrected chi connectivity index (χ4v) is 1.07. The Morgan fingerprint density at radius 2 is 1.94 bits per heavy atom. The van der Waals surface area contributed by atoms with Gasteiger partial charge in [0.1, 0.15) is 12.7 Å². The van der Waals surface area contributed by atoms with E-state index in [9.17, 15) is 19.7 Å². The Morgan fingerprint density at radius 1 is 1.31 bits per heavy atom. The summed E-state index contributed by atoms with van der Waals surface area (Å²) in [5.74, 6) is -0.982. The minimum atomic E-state index is -0.610. The molecule has 0 amide bonds. The van der Waals surface area contributed by atoms with Crippen molar-refractivity contribution in [3.63, 3.8) is 0 Å². The number of carbonyl (C=O) groups is 2. The van der Waals surface area contributed by atoms with Gasteiger partial charge in [-0.15, -0.1) is 0 Å². The molecule has 92 valence electrons. The van der Waals surface area contributed by atoms with E-state index in [1.54, 1.807) is 0 Å². The highest BCUT2D eigenvalue weighted by Crippen LogP contribution is 2.04. The van der Waals surface area contributed by atoms with Crippen LogP contribution >= 0.6 is 0 Å². The van der Waals surface area contributed by atoms with Crippen molar-refractivity contribution in [2.45, 2.75) is 32.8 Å². The molecule has 0 saturated carbocycles. The van der Waals surface area contributed by atoms with Crippen molar-refractivity contribution >= 4 is 11.9 Å². The molecular formula is C9H15NO6. The molecule has 0 N–H and O–H groups in total. The average Bonchev–Trinajstić information content (AvgIpc) is 2.12. The van der Waals surface area contributed by atoms with E-state index in [-0.39, 0.29) is 19.6 Å². The zero-order valence-electron chi connectivity index (χ0n) is 9.30. The van der Waals surface area contributed by atoms with E-state index < -0.39 is 23.0 Å². The van der Waals surface area contributed by atoms with Crippen LogP contribution in [0.3, 0.4) is 0 Å². The summed E-state index contributed by atoms with van der Waals surface area (Å²) in [5, 5.41) is 10.1. The Hall–Kier alpha value is -1.66. The van der Waals surface area contributed by atoms with E-state index in [0.717, 1.165) is 0 Å². The molecule has 0 radical (unpaired) electrons. The predicted octanol–water partition coefficient (Wildman–Crippen LogP) is 0.538. The highest BCUT2D eigenvalue weighted by molar-refractivity contribution is 5.67. The molecule has 0 saturated heterocycles. The zero-order chi connectivity index (χ0) is 12.6. The van der Waals surface area contributed by atoms with E-state index in [1.807, 2.05) is 0 Å². The molecule has 0 heterocycles. The summed E-state index contributed by atoms with van der Waals surface area (Å²) in [5.41, 5.74) is 0. The van der Waals surface area contributed by atoms with E-state index >= 15 is 0 Å². The maximum atomic E-state index is 10.7. The van der Waals surface area contributed by atoms with Crippen molar-refractivity contribution in [2.75, 3.05) is 13.2 Å². The number of carbonyl (C=O) groups excluding carboxylic acids is 2. The first kappa shape index (κ1) is 14.3. The first-order valence-electron chi connectivity index (χ1n) is 4.84. The Labute approximate surface area is 92.9 Å². The monoisotopic (exact) mass is 233 g/mol. The van der Waals surface area contributed by atoms with Crippen LogP contribution in [-0.2, 0) is 19.1 Å². The third kappa shape index (κ3) is 8.92. The Bertz CT molecular complexity index is 265. The van der Waals surface area contributed by atoms with Crippen LogP contribution in [0.25, 0.3) is 0 Å². The second-order valence-corrected chi connectivity index (χ2v) is 3.23. The van der Waals surface area contributed by atoms with Crippen molar-refractivity contribution in [1.29, 1.82) is 0 Å². The lowest BCUT2D eigenvalue weighted by molar-refractivity contribution is -0.480. The molecule has 16 heavy (non-hydrogen) atoms. The van der Waals surface area contributed by atoms with Gasteiger partial charge in [0.2, 0.25) is 6.54 Å². The first-order valence-corrected chi connectivity index (χ1v) is 4.84. The molecule has 1 atom stereocenters. The number of esters is 2. The van der Waals surface area contributed by atoms with Gasteiger partial charge < -0.3 is 9.47 Å². The average molecular weight is 233 g/mol. The highest BCUT2D eigenvalue weighted by atomic mass is 16.6. The summed E-state index contributed by atoms with van der Waals surface area (Å²) in [4.78, 5) is 30.9. The highest BCUT2D eigenvalue weighted by Gasteiger charge is 2.14. The quantitative estimate of drug-likeness (QED) is 0.361. The van der Waals surface area contributed by atoms with Gasteiger partial charge in [-0.2, -0.15) is 0 Å². The molecule has 7 heteroatoms. The maximum absolute atomic E-state index is 10.7. The van der Waals surface area contributed by atoms with Gasteiger partial charge in [0, 0.05) is 25.2 Å². The molecule has 0 aliphatic rings. The number of nitrogens with zero attached hydrogens (tertiary/aromatic N) is 1. The van der Waals surface area contributed by atoms with Gasteiger partial charge in [0.15, 0.2) is 0 Å². The summed E-state index contributed by atoms with van der Waals surface area (Å²) >= 11 is 0. The summed E-state index contributed by atoms with van der Waals surface area (Å²) < 4.78 is 9.52. The Kier molecular flexibility index (Phi) is 6.82. The minimum Gasteiger partial charge on any atom is -0.462 e. The largest absolute Gasteiger partial charge is 0.462 e. The smallest absolute Gasteiger partial charge is 0.303 e. The van der Waals surface area contributed by atoms with Gasteiger partial charge in [-0.3, -0.25) is 19.7 Å². The third-order valence-corrected chi connectivity index (χ3v) is 1.67. The second-order valence-electron chi connectivity index (χ2n) is 3.23. The van der Waals surface area contributed by atoms with E-state index in [1.165, 1.54) is 13.8 Å². The molecule has 0 aromatic heterocycles. The molecular weight excluding hydrogens is 218 g/mol. The standard InChI is InChI=1S/C9H15NO6/c1-7(11)15-6-9(16-8(2)12)4-3-5-10(13)14/h9H,3-6H2,1-2H3. The molecule has 0 aromatic carbocycles. The minimum absolute atomic E-state index is 0.0629. The van der Waals surface area contributed by atoms with Crippen LogP contribution in [0.1, 0.15) is 26.7 Å². The van der Waals surface area contributed by atoms with Crippen LogP contribution in [0.15, 0.2) is 0 Å². The van der Waals surface area contributed by atoms with Crippen molar-refractivity contribution < 1.29 is 24.0 Å². The molecule has 0 aliphatic carbocycles. The van der Waals surface area contributed by atoms with Crippen molar-refractivity contribution in [2.24, 2.45) is 0 Å². The topological polar surface area (TPSA) is 95.7 Å². The molecule has 0 aliphatic heterocycles. The molecule has 0 spiro atoms. The maximum Gasteiger partial charge on any atom is 0.303 e. The van der Waals surface area contributed by atoms with Crippen LogP contribution in [-0.4, -0.2) is 36.1 Å². The first-order chi connectivity index (χ1) is 7.41. The van der Waals surface area contributed by atoms with E-state index in [0.29, 0.717) is 6.42 Å². The molecule has 1 unspecified atom stereocenters. The third-order valence-electron chi connectivity index (χ3n) is 1.67. The van der Waals surface area contributed by atoms with E-state index in [4.69, 9.17) is 4.74 Å². The number of rotatable bonds is 7. The Morgan fingerprint density at radius 3 is 2.38 bits per heavy atom. The zero-order valence-corrected chi connectivity index (χ0v) is 9.30. The second kappa shape index (κ2) is 7.61. The molecule has 0 bridgehead atoms. The fourth-order valence-electron chi connectivity index (χ4n) is 1.07. The van der Waals surface area contributed by atoms with Crippen LogP contribution in [0.2, 0.25) is 0 Å². The van der Waals surface area contributed by atoms with Gasteiger partial charge >= 0.3 is 11.9 Å². The van der Waals surface area contributed by atoms with Crippen molar-refractivity contribution in [1.82, 2.24) is 0 Å². The van der Waals surface area contributed by atoms with Gasteiger partial charge in [0.25, 0.3) is 0 Å². The van der Waals surface area contributed by atoms with Gasteiger partial charge in [0.05, 0.1) is 0 Å². The van der Waals surface area contributed by atoms with Crippen LogP contribution < -0.4 is 0 Å². The van der Waals surface area contributed by atoms with Crippen LogP contribution in [0, 0.1) is 10.1 Å². The number of hydrogen-bond donors (Lipinski definition) is 0. The molecule has 0 rings (SSSR count). The lowest BCUT2D eigenvalue weighted by Gasteiger charge is -2.15. The van der Waals surface area contributed by atoms with Gasteiger partial charge in [-0.1, -0.05) is 0 Å². The predicted molar refractivity (Wildman–Crippen MR) is 53.3 cm³/mol. The van der Waals surface area contributed by atoms with Crippen molar-refractivity contribution in [3.8, 4) is 0 Å². The number of nitro groups is 1. The summed E-state index contributed by atoms with van der Waals surface area (Å²) in [6.45, 7) is 2.21. The van der Waals surface area contributed by atoms with Crippen molar-refractivity contribution in [3.05, 3.63) is 10.1 Å². The normalized spacial score (nSPS) is 11.6. The molecule has 0 fully saturated rings. The van der Waals surface area contributed by atoms with E-state index in [2.05, 4.69) is 4.74 Å². The SMILES string of the molecule is CC(=O)OCC(CCC[N+](=O)[O-])OC(C)=O. The molecule has 0 aromatic rings. The van der Waals surface area contributed by atoms with Gasteiger partial charge in [-0.05, 0) is 6.42 Å². The number of hydrogen-bond acceptors (Lipinski definition) is 6. The number of ether oxygens (including phenoxy) is 2. The lowest BCUT2D eigenvalue weighted by atomic mass is 10.2. The van der Waals surface area contributed by atoms with Crippen LogP contribution in [0.4, 0.5) is 0 Å².